The molecule has 0 saturated heterocycles. The van der Waals surface area contributed by atoms with Crippen LogP contribution in [-0.4, -0.2) is 44.3 Å². The lowest BCUT2D eigenvalue weighted by Gasteiger charge is -2.32. The zero-order valence-electron chi connectivity index (χ0n) is 22.9. The minimum atomic E-state index is -4.14. The summed E-state index contributed by atoms with van der Waals surface area (Å²) in [4.78, 5) is 28.5. The molecule has 1 atom stereocenters. The van der Waals surface area contributed by atoms with Gasteiger partial charge in [-0.05, 0) is 62.6 Å². The highest BCUT2D eigenvalue weighted by Crippen LogP contribution is 2.30. The minimum absolute atomic E-state index is 0.0489. The normalized spacial score (nSPS) is 12.0. The molecule has 0 aliphatic carbocycles. The molecular formula is C30H36ClN3O4S. The first kappa shape index (κ1) is 30.2. The third-order valence-electron chi connectivity index (χ3n) is 6.48. The molecule has 1 N–H and O–H groups in total. The highest BCUT2D eigenvalue weighted by molar-refractivity contribution is 7.92. The quantitative estimate of drug-likeness (QED) is 0.292. The molecule has 2 amide bonds. The van der Waals surface area contributed by atoms with Crippen molar-refractivity contribution in [3.05, 3.63) is 94.5 Å². The third kappa shape index (κ3) is 7.83. The summed E-state index contributed by atoms with van der Waals surface area (Å²) < 4.78 is 28.8. The van der Waals surface area contributed by atoms with Crippen LogP contribution in [0.3, 0.4) is 0 Å². The molecule has 0 aromatic heterocycles. The molecule has 7 nitrogen and oxygen atoms in total. The standard InChI is InChI=1S/C30H36ClN3O4S/c1-5-6-17-32-30(36)24(4)33(20-25-12-10-11-22(2)18-25)29(35)21-34(28-19-26(31)16-15-23(28)3)39(37,38)27-13-8-7-9-14-27/h7-16,18-19,24H,5-6,17,20-21H2,1-4H3,(H,32,36)/t24-/m0/s1. The number of rotatable bonds is 12. The fraction of sp³-hybridized carbons (Fsp3) is 0.333. The second kappa shape index (κ2) is 13.6. The lowest BCUT2D eigenvalue weighted by molar-refractivity contribution is -0.139. The van der Waals surface area contributed by atoms with Crippen molar-refractivity contribution in [2.45, 2.75) is 58.0 Å². The fourth-order valence-corrected chi connectivity index (χ4v) is 5.87. The van der Waals surface area contributed by atoms with E-state index in [1.54, 1.807) is 44.2 Å². The number of aryl methyl sites for hydroxylation is 2. The molecule has 3 rings (SSSR count). The van der Waals surface area contributed by atoms with Gasteiger partial charge in [0.1, 0.15) is 12.6 Å². The fourth-order valence-electron chi connectivity index (χ4n) is 4.21. The molecule has 0 aliphatic rings. The van der Waals surface area contributed by atoms with E-state index in [9.17, 15) is 18.0 Å². The van der Waals surface area contributed by atoms with Gasteiger partial charge >= 0.3 is 0 Å². The van der Waals surface area contributed by atoms with Gasteiger partial charge in [-0.25, -0.2) is 8.42 Å². The van der Waals surface area contributed by atoms with Crippen LogP contribution < -0.4 is 9.62 Å². The van der Waals surface area contributed by atoms with E-state index in [-0.39, 0.29) is 17.3 Å². The third-order valence-corrected chi connectivity index (χ3v) is 8.49. The first-order valence-electron chi connectivity index (χ1n) is 13.0. The van der Waals surface area contributed by atoms with E-state index in [4.69, 9.17) is 11.6 Å². The van der Waals surface area contributed by atoms with Crippen LogP contribution in [0.25, 0.3) is 0 Å². The number of nitrogens with zero attached hydrogens (tertiary/aromatic N) is 2. The van der Waals surface area contributed by atoms with Crippen molar-refractivity contribution in [2.24, 2.45) is 0 Å². The molecule has 0 fully saturated rings. The maximum atomic E-state index is 14.0. The van der Waals surface area contributed by atoms with E-state index in [2.05, 4.69) is 5.32 Å². The van der Waals surface area contributed by atoms with Gasteiger partial charge < -0.3 is 10.2 Å². The zero-order chi connectivity index (χ0) is 28.6. The van der Waals surface area contributed by atoms with Crippen LogP contribution >= 0.6 is 11.6 Å². The summed E-state index contributed by atoms with van der Waals surface area (Å²) in [6.07, 6.45) is 1.74. The van der Waals surface area contributed by atoms with Crippen molar-refractivity contribution in [3.63, 3.8) is 0 Å². The van der Waals surface area contributed by atoms with Crippen LogP contribution in [0.5, 0.6) is 0 Å². The lowest BCUT2D eigenvalue weighted by Crippen LogP contribution is -2.51. The lowest BCUT2D eigenvalue weighted by atomic mass is 10.1. The molecule has 3 aromatic carbocycles. The number of carbonyl (C=O) groups is 2. The number of hydrogen-bond acceptors (Lipinski definition) is 4. The molecule has 0 radical (unpaired) electrons. The Labute approximate surface area is 236 Å². The van der Waals surface area contributed by atoms with E-state index in [0.29, 0.717) is 22.8 Å². The number of unbranched alkanes of at least 4 members (excludes halogenated alkanes) is 1. The van der Waals surface area contributed by atoms with Crippen LogP contribution in [0.2, 0.25) is 5.02 Å². The number of sulfonamides is 1. The summed E-state index contributed by atoms with van der Waals surface area (Å²) in [6.45, 7) is 7.55. The smallest absolute Gasteiger partial charge is 0.264 e. The number of benzene rings is 3. The predicted octanol–water partition coefficient (Wildman–Crippen LogP) is 5.49. The van der Waals surface area contributed by atoms with E-state index in [1.807, 2.05) is 38.1 Å². The average Bonchev–Trinajstić information content (AvgIpc) is 2.92. The van der Waals surface area contributed by atoms with Crippen LogP contribution in [0.1, 0.15) is 43.4 Å². The molecular weight excluding hydrogens is 534 g/mol. The molecule has 39 heavy (non-hydrogen) atoms. The Morgan fingerprint density at radius 1 is 0.974 bits per heavy atom. The van der Waals surface area contributed by atoms with Crippen molar-refractivity contribution >= 4 is 39.1 Å². The summed E-state index contributed by atoms with van der Waals surface area (Å²) in [5.74, 6) is -0.797. The van der Waals surface area contributed by atoms with Crippen LogP contribution in [-0.2, 0) is 26.2 Å². The number of nitrogens with one attached hydrogen (secondary N) is 1. The number of halogens is 1. The molecule has 0 saturated carbocycles. The number of hydrogen-bond donors (Lipinski definition) is 1. The second-order valence-corrected chi connectivity index (χ2v) is 11.9. The van der Waals surface area contributed by atoms with Gasteiger partial charge in [0.05, 0.1) is 10.6 Å². The molecule has 208 valence electrons. The summed E-state index contributed by atoms with van der Waals surface area (Å²) in [5, 5.41) is 3.24. The van der Waals surface area contributed by atoms with Crippen LogP contribution in [0, 0.1) is 13.8 Å². The van der Waals surface area contributed by atoms with Gasteiger partial charge in [0.25, 0.3) is 10.0 Å². The summed E-state index contributed by atoms with van der Waals surface area (Å²) in [7, 11) is -4.14. The second-order valence-electron chi connectivity index (χ2n) is 9.59. The molecule has 0 heterocycles. The molecule has 9 heteroatoms. The van der Waals surface area contributed by atoms with Crippen LogP contribution in [0.4, 0.5) is 5.69 Å². The van der Waals surface area contributed by atoms with Gasteiger partial charge in [-0.3, -0.25) is 13.9 Å². The minimum Gasteiger partial charge on any atom is -0.354 e. The maximum Gasteiger partial charge on any atom is 0.264 e. The summed E-state index contributed by atoms with van der Waals surface area (Å²) in [5.41, 5.74) is 2.80. The van der Waals surface area contributed by atoms with Crippen molar-refractivity contribution < 1.29 is 18.0 Å². The van der Waals surface area contributed by atoms with Gasteiger partial charge in [0, 0.05) is 18.1 Å². The first-order chi connectivity index (χ1) is 18.5. The Bertz CT molecular complexity index is 1400. The van der Waals surface area contributed by atoms with Crippen molar-refractivity contribution in [2.75, 3.05) is 17.4 Å². The number of amides is 2. The van der Waals surface area contributed by atoms with Gasteiger partial charge in [-0.2, -0.15) is 0 Å². The van der Waals surface area contributed by atoms with Crippen molar-refractivity contribution in [1.82, 2.24) is 10.2 Å². The van der Waals surface area contributed by atoms with Gasteiger partial charge in [-0.15, -0.1) is 0 Å². The highest BCUT2D eigenvalue weighted by Gasteiger charge is 2.33. The Hall–Kier alpha value is -3.36. The molecule has 0 bridgehead atoms. The Morgan fingerprint density at radius 2 is 1.69 bits per heavy atom. The number of carbonyl (C=O) groups excluding carboxylic acids is 2. The molecule has 0 aliphatic heterocycles. The first-order valence-corrected chi connectivity index (χ1v) is 14.8. The Morgan fingerprint density at radius 3 is 2.36 bits per heavy atom. The van der Waals surface area contributed by atoms with Crippen LogP contribution in [0.15, 0.2) is 77.7 Å². The summed E-state index contributed by atoms with van der Waals surface area (Å²) in [6, 6.07) is 19.7. The van der Waals surface area contributed by atoms with Gasteiger partial charge in [0.15, 0.2) is 0 Å². The van der Waals surface area contributed by atoms with Crippen molar-refractivity contribution in [1.29, 1.82) is 0 Å². The number of anilines is 1. The maximum absolute atomic E-state index is 14.0. The van der Waals surface area contributed by atoms with E-state index in [1.165, 1.54) is 23.1 Å². The topological polar surface area (TPSA) is 86.8 Å². The van der Waals surface area contributed by atoms with Gasteiger partial charge in [-0.1, -0.05) is 79.0 Å². The molecule has 0 unspecified atom stereocenters. The Balaban J connectivity index is 2.03. The summed E-state index contributed by atoms with van der Waals surface area (Å²) >= 11 is 6.26. The van der Waals surface area contributed by atoms with Gasteiger partial charge in [0.2, 0.25) is 11.8 Å². The molecule has 0 spiro atoms. The van der Waals surface area contributed by atoms with E-state index >= 15 is 0 Å². The molecule has 3 aromatic rings. The van der Waals surface area contributed by atoms with Crippen molar-refractivity contribution in [3.8, 4) is 0 Å². The monoisotopic (exact) mass is 569 g/mol. The van der Waals surface area contributed by atoms with E-state index < -0.39 is 28.5 Å². The predicted molar refractivity (Wildman–Crippen MR) is 156 cm³/mol. The SMILES string of the molecule is CCCCNC(=O)[C@H](C)N(Cc1cccc(C)c1)C(=O)CN(c1cc(Cl)ccc1C)S(=O)(=O)c1ccccc1. The highest BCUT2D eigenvalue weighted by atomic mass is 35.5. The Kier molecular flexibility index (Phi) is 10.5. The zero-order valence-corrected chi connectivity index (χ0v) is 24.4. The average molecular weight is 570 g/mol. The largest absolute Gasteiger partial charge is 0.354 e. The van der Waals surface area contributed by atoms with E-state index in [0.717, 1.165) is 28.3 Å².